The summed E-state index contributed by atoms with van der Waals surface area (Å²) in [7, 11) is 1.74. The molecule has 2 atom stereocenters. The van der Waals surface area contributed by atoms with E-state index in [0.717, 1.165) is 31.2 Å². The fraction of sp³-hybridized carbons (Fsp3) is 0.688. The zero-order valence-corrected chi connectivity index (χ0v) is 12.5. The summed E-state index contributed by atoms with van der Waals surface area (Å²) in [6.07, 6.45) is 8.09. The standard InChI is InChI=1S/C16H23FN2O2/c1-20-14-3-2-4-15(8-14)21-16-11(7-12(17)10-19-16)9-18-13-5-6-13/h7,10,13-15,18H,2-6,8-9H2,1H3. The van der Waals surface area contributed by atoms with Crippen LogP contribution in [0.2, 0.25) is 0 Å². The van der Waals surface area contributed by atoms with Crippen LogP contribution in [0.25, 0.3) is 0 Å². The fourth-order valence-corrected chi connectivity index (χ4v) is 2.82. The van der Waals surface area contributed by atoms with E-state index in [4.69, 9.17) is 9.47 Å². The molecule has 1 N–H and O–H groups in total. The molecule has 2 fully saturated rings. The zero-order valence-electron chi connectivity index (χ0n) is 12.5. The number of rotatable bonds is 6. The van der Waals surface area contributed by atoms with Crippen LogP contribution >= 0.6 is 0 Å². The molecular formula is C16H23FN2O2. The van der Waals surface area contributed by atoms with Gasteiger partial charge in [0.15, 0.2) is 0 Å². The Balaban J connectivity index is 1.65. The van der Waals surface area contributed by atoms with Crippen LogP contribution < -0.4 is 10.1 Å². The second-order valence-corrected chi connectivity index (χ2v) is 6.04. The maximum atomic E-state index is 13.4. The monoisotopic (exact) mass is 294 g/mol. The zero-order chi connectivity index (χ0) is 14.7. The maximum Gasteiger partial charge on any atom is 0.218 e. The predicted octanol–water partition coefficient (Wildman–Crippen LogP) is 2.81. The van der Waals surface area contributed by atoms with E-state index in [0.29, 0.717) is 18.5 Å². The molecule has 0 spiro atoms. The summed E-state index contributed by atoms with van der Waals surface area (Å²) in [6, 6.07) is 2.10. The van der Waals surface area contributed by atoms with Crippen molar-refractivity contribution in [3.8, 4) is 5.88 Å². The topological polar surface area (TPSA) is 43.4 Å². The van der Waals surface area contributed by atoms with Gasteiger partial charge in [0.1, 0.15) is 11.9 Å². The molecule has 0 amide bonds. The Kier molecular flexibility index (Phi) is 4.70. The van der Waals surface area contributed by atoms with Gasteiger partial charge in [0.25, 0.3) is 0 Å². The Hall–Kier alpha value is -1.20. The minimum absolute atomic E-state index is 0.112. The van der Waals surface area contributed by atoms with Gasteiger partial charge in [0.2, 0.25) is 5.88 Å². The molecule has 1 heterocycles. The average Bonchev–Trinajstić information content (AvgIpc) is 3.32. The van der Waals surface area contributed by atoms with Crippen LogP contribution in [-0.2, 0) is 11.3 Å². The number of methoxy groups -OCH3 is 1. The van der Waals surface area contributed by atoms with Gasteiger partial charge in [-0.2, -0.15) is 0 Å². The van der Waals surface area contributed by atoms with Crippen LogP contribution in [0.15, 0.2) is 12.3 Å². The van der Waals surface area contributed by atoms with E-state index < -0.39 is 0 Å². The third-order valence-corrected chi connectivity index (χ3v) is 4.24. The lowest BCUT2D eigenvalue weighted by Gasteiger charge is -2.28. The number of halogens is 1. The summed E-state index contributed by atoms with van der Waals surface area (Å²) >= 11 is 0. The average molecular weight is 294 g/mol. The van der Waals surface area contributed by atoms with E-state index in [1.165, 1.54) is 25.1 Å². The Morgan fingerprint density at radius 1 is 1.29 bits per heavy atom. The van der Waals surface area contributed by atoms with Crippen LogP contribution in [0, 0.1) is 5.82 Å². The molecule has 1 aromatic rings. The first-order valence-electron chi connectivity index (χ1n) is 7.82. The molecule has 4 nitrogen and oxygen atoms in total. The predicted molar refractivity (Wildman–Crippen MR) is 77.7 cm³/mol. The Labute approximate surface area is 125 Å². The lowest BCUT2D eigenvalue weighted by molar-refractivity contribution is 0.0191. The molecule has 0 aliphatic heterocycles. The lowest BCUT2D eigenvalue weighted by Crippen LogP contribution is -2.30. The summed E-state index contributed by atoms with van der Waals surface area (Å²) in [5.74, 6) is 0.250. The van der Waals surface area contributed by atoms with Gasteiger partial charge in [-0.25, -0.2) is 9.37 Å². The van der Waals surface area contributed by atoms with Crippen LogP contribution in [0.4, 0.5) is 4.39 Å². The molecule has 0 radical (unpaired) electrons. The summed E-state index contributed by atoms with van der Waals surface area (Å²) in [5, 5.41) is 3.39. The number of hydrogen-bond donors (Lipinski definition) is 1. The molecule has 5 heteroatoms. The van der Waals surface area contributed by atoms with Crippen molar-refractivity contribution >= 4 is 0 Å². The number of pyridine rings is 1. The molecule has 116 valence electrons. The molecule has 0 saturated heterocycles. The molecule has 2 aliphatic carbocycles. The van der Waals surface area contributed by atoms with Gasteiger partial charge in [-0.05, 0) is 38.2 Å². The van der Waals surface area contributed by atoms with Crippen molar-refractivity contribution < 1.29 is 13.9 Å². The molecule has 2 unspecified atom stereocenters. The number of nitrogens with zero attached hydrogens (tertiary/aromatic N) is 1. The van der Waals surface area contributed by atoms with Crippen molar-refractivity contribution in [2.45, 2.75) is 63.3 Å². The molecule has 2 saturated carbocycles. The molecule has 2 aliphatic rings. The third kappa shape index (κ3) is 4.14. The van der Waals surface area contributed by atoms with Crippen LogP contribution in [-0.4, -0.2) is 30.3 Å². The third-order valence-electron chi connectivity index (χ3n) is 4.24. The second-order valence-electron chi connectivity index (χ2n) is 6.04. The Bertz CT molecular complexity index is 479. The van der Waals surface area contributed by atoms with E-state index in [1.807, 2.05) is 0 Å². The van der Waals surface area contributed by atoms with Gasteiger partial charge in [-0.1, -0.05) is 0 Å². The minimum Gasteiger partial charge on any atom is -0.474 e. The van der Waals surface area contributed by atoms with Gasteiger partial charge < -0.3 is 14.8 Å². The largest absolute Gasteiger partial charge is 0.474 e. The first-order chi connectivity index (χ1) is 10.2. The van der Waals surface area contributed by atoms with E-state index in [1.54, 1.807) is 7.11 Å². The van der Waals surface area contributed by atoms with Crippen LogP contribution in [0.1, 0.15) is 44.1 Å². The number of aromatic nitrogens is 1. The number of hydrogen-bond acceptors (Lipinski definition) is 4. The molecule has 21 heavy (non-hydrogen) atoms. The summed E-state index contributed by atoms with van der Waals surface area (Å²) in [6.45, 7) is 0.616. The molecule has 1 aromatic heterocycles. The molecular weight excluding hydrogens is 271 g/mol. The fourth-order valence-electron chi connectivity index (χ4n) is 2.82. The van der Waals surface area contributed by atoms with Crippen LogP contribution in [0.3, 0.4) is 0 Å². The van der Waals surface area contributed by atoms with E-state index >= 15 is 0 Å². The molecule has 3 rings (SSSR count). The van der Waals surface area contributed by atoms with Crippen LogP contribution in [0.5, 0.6) is 5.88 Å². The van der Waals surface area contributed by atoms with Gasteiger partial charge in [0, 0.05) is 31.7 Å². The van der Waals surface area contributed by atoms with Gasteiger partial charge >= 0.3 is 0 Å². The smallest absolute Gasteiger partial charge is 0.218 e. The first kappa shape index (κ1) is 14.7. The lowest BCUT2D eigenvalue weighted by atomic mass is 9.95. The van der Waals surface area contributed by atoms with Crippen molar-refractivity contribution in [2.24, 2.45) is 0 Å². The summed E-state index contributed by atoms with van der Waals surface area (Å²) < 4.78 is 24.9. The number of ether oxygens (including phenoxy) is 2. The summed E-state index contributed by atoms with van der Waals surface area (Å²) in [5.41, 5.74) is 0.807. The van der Waals surface area contributed by atoms with Crippen molar-refractivity contribution in [2.75, 3.05) is 7.11 Å². The van der Waals surface area contributed by atoms with E-state index in [2.05, 4.69) is 10.3 Å². The molecule has 0 aromatic carbocycles. The van der Waals surface area contributed by atoms with E-state index in [-0.39, 0.29) is 18.0 Å². The Morgan fingerprint density at radius 3 is 2.86 bits per heavy atom. The maximum absolute atomic E-state index is 13.4. The highest BCUT2D eigenvalue weighted by molar-refractivity contribution is 5.26. The van der Waals surface area contributed by atoms with Crippen molar-refractivity contribution in [1.82, 2.24) is 10.3 Å². The highest BCUT2D eigenvalue weighted by Crippen LogP contribution is 2.27. The van der Waals surface area contributed by atoms with Crippen molar-refractivity contribution in [3.05, 3.63) is 23.6 Å². The Morgan fingerprint density at radius 2 is 2.10 bits per heavy atom. The van der Waals surface area contributed by atoms with Gasteiger partial charge in [-0.15, -0.1) is 0 Å². The highest BCUT2D eigenvalue weighted by atomic mass is 19.1. The van der Waals surface area contributed by atoms with E-state index in [9.17, 15) is 4.39 Å². The first-order valence-corrected chi connectivity index (χ1v) is 7.82. The quantitative estimate of drug-likeness (QED) is 0.876. The van der Waals surface area contributed by atoms with Gasteiger partial charge in [-0.3, -0.25) is 0 Å². The normalized spacial score (nSPS) is 25.8. The van der Waals surface area contributed by atoms with Crippen molar-refractivity contribution in [1.29, 1.82) is 0 Å². The minimum atomic E-state index is -0.312. The SMILES string of the molecule is COC1CCCC(Oc2ncc(F)cc2CNC2CC2)C1. The summed E-state index contributed by atoms with van der Waals surface area (Å²) in [4.78, 5) is 4.14. The highest BCUT2D eigenvalue weighted by Gasteiger charge is 2.25. The van der Waals surface area contributed by atoms with Crippen molar-refractivity contribution in [3.63, 3.8) is 0 Å². The second kappa shape index (κ2) is 6.71. The van der Waals surface area contributed by atoms with Gasteiger partial charge in [0.05, 0.1) is 12.3 Å². The molecule has 0 bridgehead atoms. The number of nitrogens with one attached hydrogen (secondary N) is 1.